The second kappa shape index (κ2) is 26.3. The van der Waals surface area contributed by atoms with Gasteiger partial charge < -0.3 is 0 Å². The Bertz CT molecular complexity index is 3880. The molecule has 0 bridgehead atoms. The lowest BCUT2D eigenvalue weighted by Crippen LogP contribution is -2.46. The molecule has 0 nitrogen and oxygen atoms in total. The first kappa shape index (κ1) is 81.2. The van der Waals surface area contributed by atoms with Crippen molar-refractivity contribution in [2.45, 2.75) is 462 Å². The van der Waals surface area contributed by atoms with Crippen molar-refractivity contribution in [1.29, 1.82) is 0 Å². The van der Waals surface area contributed by atoms with E-state index < -0.39 is 16.1 Å². The number of hydrogen-bond donors (Lipinski definition) is 0. The van der Waals surface area contributed by atoms with Crippen LogP contribution in [-0.4, -0.2) is 16.1 Å². The quantitative estimate of drug-likeness (QED) is 0.0479. The summed E-state index contributed by atoms with van der Waals surface area (Å²) in [4.78, 5) is 0. The van der Waals surface area contributed by atoms with E-state index in [1.54, 1.807) is 125 Å². The zero-order chi connectivity index (χ0) is 77.9. The van der Waals surface area contributed by atoms with Crippen LogP contribution in [-0.2, 0) is 86.6 Å². The molecular formula is C102H152P2Si2. The average Bonchev–Trinajstić information content (AvgIpc) is 1.52. The van der Waals surface area contributed by atoms with Gasteiger partial charge in [-0.15, -0.1) is 0 Å². The van der Waals surface area contributed by atoms with Crippen molar-refractivity contribution in [3.8, 4) is 0 Å². The Labute approximate surface area is 658 Å². The van der Waals surface area contributed by atoms with Crippen LogP contribution in [0, 0.1) is 0 Å². The van der Waals surface area contributed by atoms with E-state index in [9.17, 15) is 0 Å². The number of rotatable bonds is 22. The van der Waals surface area contributed by atoms with Gasteiger partial charge in [0, 0.05) is 10.6 Å². The second-order valence-corrected chi connectivity index (χ2v) is 52.1. The molecule has 8 aliphatic rings. The molecule has 0 saturated carbocycles. The molecule has 5 aromatic carbocycles. The molecule has 0 saturated heterocycles. The maximum atomic E-state index is 2.95. The maximum Gasteiger partial charge on any atom is 0.117 e. The van der Waals surface area contributed by atoms with Crippen LogP contribution in [0.15, 0.2) is 48.5 Å². The molecule has 0 radical (unpaired) electrons. The zero-order valence-electron chi connectivity index (χ0n) is 74.5. The smallest absolute Gasteiger partial charge is 0.0896 e. The summed E-state index contributed by atoms with van der Waals surface area (Å²) in [6.45, 7) is 84.7. The first-order chi connectivity index (χ1) is 49.4. The van der Waals surface area contributed by atoms with E-state index in [2.05, 4.69) is 270 Å². The number of benzene rings is 5. The van der Waals surface area contributed by atoms with Crippen molar-refractivity contribution in [2.75, 3.05) is 0 Å². The van der Waals surface area contributed by atoms with Crippen LogP contribution in [0.1, 0.15) is 465 Å². The first-order valence-corrected chi connectivity index (χ1v) is 51.1. The Kier molecular flexibility index (Phi) is 20.2. The highest BCUT2D eigenvalue weighted by Crippen LogP contribution is 2.66. The third-order valence-corrected chi connectivity index (χ3v) is 45.7. The molecule has 0 amide bonds. The van der Waals surface area contributed by atoms with Gasteiger partial charge in [-0.1, -0.05) is 286 Å². The molecule has 0 spiro atoms. The number of hydrogen-bond acceptors (Lipinski definition) is 0. The van der Waals surface area contributed by atoms with Crippen LogP contribution in [0.3, 0.4) is 0 Å². The molecule has 0 heterocycles. The molecule has 0 N–H and O–H groups in total. The molecule has 0 aromatic heterocycles. The molecule has 0 fully saturated rings. The van der Waals surface area contributed by atoms with Gasteiger partial charge >= 0.3 is 0 Å². The summed E-state index contributed by atoms with van der Waals surface area (Å²) < 4.78 is 0. The van der Waals surface area contributed by atoms with Gasteiger partial charge in [-0.3, -0.25) is 0 Å². The third-order valence-electron chi connectivity index (χ3n) is 34.7. The van der Waals surface area contributed by atoms with E-state index in [-0.39, 0.29) is 86.6 Å². The van der Waals surface area contributed by atoms with Crippen molar-refractivity contribution >= 4 is 62.9 Å². The molecule has 0 aliphatic heterocycles. The van der Waals surface area contributed by atoms with Gasteiger partial charge in [0.15, 0.2) is 0 Å². The molecule has 578 valence electrons. The van der Waals surface area contributed by atoms with Gasteiger partial charge in [-0.25, -0.2) is 0 Å². The highest BCUT2D eigenvalue weighted by atomic mass is 31.2. The van der Waals surface area contributed by atoms with E-state index in [1.165, 1.54) is 154 Å². The summed E-state index contributed by atoms with van der Waals surface area (Å²) in [5.41, 5.74) is 29.9. The topological polar surface area (TPSA) is 0 Å². The summed E-state index contributed by atoms with van der Waals surface area (Å²) in [5, 5.41) is 10.7. The van der Waals surface area contributed by atoms with Crippen molar-refractivity contribution in [1.82, 2.24) is 0 Å². The van der Waals surface area contributed by atoms with Crippen LogP contribution in [0.2, 0.25) is 0 Å². The van der Waals surface area contributed by atoms with E-state index in [4.69, 9.17) is 0 Å². The largest absolute Gasteiger partial charge is 0.117 e. The van der Waals surface area contributed by atoms with Gasteiger partial charge in [0.05, 0.1) is 0 Å². The SMILES string of the molecule is CCC1(CC)CC(C)(C)c2c1cc1c(c2P=[Si](c2ccc([Si](=Pc3c4c(cc5c3C(C)(C)CC5(CC)CC)C(CC)(CC)CC4(C)C)c3c4c(cc5c3C(C)(C)CC5(CC)CC)C(CC)(CC)CC4(C)C)cc2)c2c3c(cc4c2C(C)(C)CC4(CC)CC)C(CC)(CC)CC3(C)C)C(C)(C)CC1(CC)CC. The minimum absolute atomic E-state index is 0.0221. The van der Waals surface area contributed by atoms with Gasteiger partial charge in [-0.2, -0.15) is 0 Å². The lowest BCUT2D eigenvalue weighted by Gasteiger charge is -2.33. The lowest BCUT2D eigenvalue weighted by molar-refractivity contribution is 0.322. The van der Waals surface area contributed by atoms with E-state index in [1.807, 2.05) is 10.4 Å². The number of fused-ring (bicyclic) bond motifs is 8. The standard InChI is InChI=1S/C102H152P2Si2/c1-33-95(34-2)57-87(17,18)75-67(95)53-68-76(88(19,20)58-96(68,35-3)36-4)83(75)103-105(85-79-71(99(41-9,42-10)61-91(79,25)26)55-72-80(85)92(27,28)62-100(72,43-11)44-12)65-49-51-66(52-50-65)106(86-81-73(101(45-13,46-14)63-93(81,29)30)56-74-82(86)94(31,32)64-102(74,47-15)48-16)104-84-77-69(97(37-5,38-6)59-89(77,21)22)54-70-78(84)90(23,24)60-98(70,39-7)40-8/h49-56H,33-48,57-64H2,1-32H3. The fourth-order valence-electron chi connectivity index (χ4n) is 29.1. The zero-order valence-corrected chi connectivity index (χ0v) is 78.3. The summed E-state index contributed by atoms with van der Waals surface area (Å²) in [5.74, 6) is 0. The van der Waals surface area contributed by atoms with E-state index >= 15 is 0 Å². The predicted molar refractivity (Wildman–Crippen MR) is 475 cm³/mol. The Morgan fingerprint density at radius 1 is 0.217 bits per heavy atom. The molecule has 4 heteroatoms. The summed E-state index contributed by atoms with van der Waals surface area (Å²) in [6, 6.07) is 23.5. The van der Waals surface area contributed by atoms with Gasteiger partial charge in [0.1, 0.15) is 16.1 Å². The fraction of sp³-hybridized carbons (Fsp3) is 0.706. The van der Waals surface area contributed by atoms with Crippen LogP contribution >= 0.6 is 15.4 Å². The minimum atomic E-state index is -1.68. The van der Waals surface area contributed by atoms with E-state index in [0.29, 0.717) is 0 Å². The Hall–Kier alpha value is -2.87. The van der Waals surface area contributed by atoms with Crippen molar-refractivity contribution in [3.05, 3.63) is 138 Å². The molecule has 0 unspecified atom stereocenters. The van der Waals surface area contributed by atoms with Crippen LogP contribution in [0.5, 0.6) is 0 Å². The highest BCUT2D eigenvalue weighted by molar-refractivity contribution is 7.64. The molecule has 13 rings (SSSR count). The monoisotopic (exact) mass is 1500 g/mol. The lowest BCUT2D eigenvalue weighted by atomic mass is 9.72. The molecule has 8 aliphatic carbocycles. The normalized spacial score (nSPS) is 24.3. The molecular weight excluding hydrogens is 1340 g/mol. The second-order valence-electron chi connectivity index (χ2n) is 43.2. The molecule has 5 aromatic rings. The van der Waals surface area contributed by atoms with Crippen LogP contribution in [0.25, 0.3) is 0 Å². The first-order valence-electron chi connectivity index (χ1n) is 44.7. The van der Waals surface area contributed by atoms with Gasteiger partial charge in [-0.05, 0) is 351 Å². The van der Waals surface area contributed by atoms with Gasteiger partial charge in [0.2, 0.25) is 0 Å². The Morgan fingerprint density at radius 2 is 0.349 bits per heavy atom. The van der Waals surface area contributed by atoms with Crippen LogP contribution < -0.4 is 31.4 Å². The summed E-state index contributed by atoms with van der Waals surface area (Å²) in [7, 11) is -0.136. The Morgan fingerprint density at radius 3 is 0.491 bits per heavy atom. The Balaban J connectivity index is 1.26. The van der Waals surface area contributed by atoms with Crippen molar-refractivity contribution < 1.29 is 0 Å². The highest BCUT2D eigenvalue weighted by Gasteiger charge is 2.60. The summed E-state index contributed by atoms with van der Waals surface area (Å²) >= 11 is 0. The van der Waals surface area contributed by atoms with Crippen molar-refractivity contribution in [3.63, 3.8) is 0 Å². The summed E-state index contributed by atoms with van der Waals surface area (Å²) in [6.07, 6.45) is 29.2. The van der Waals surface area contributed by atoms with E-state index in [0.717, 1.165) is 0 Å². The fourth-order valence-corrected chi connectivity index (χ4v) is 42.9. The molecule has 0 atom stereocenters. The maximum absolute atomic E-state index is 2.95. The van der Waals surface area contributed by atoms with Crippen molar-refractivity contribution in [2.24, 2.45) is 0 Å². The molecule has 106 heavy (non-hydrogen) atoms. The third kappa shape index (κ3) is 11.0. The van der Waals surface area contributed by atoms with Gasteiger partial charge in [0.25, 0.3) is 0 Å². The predicted octanol–water partition coefficient (Wildman–Crippen LogP) is 26.4. The minimum Gasteiger partial charge on any atom is -0.0896 e. The van der Waals surface area contributed by atoms with Crippen LogP contribution in [0.4, 0.5) is 0 Å². The average molecular weight is 1500 g/mol.